The van der Waals surface area contributed by atoms with Crippen LogP contribution in [0, 0.1) is 17.9 Å². The highest BCUT2D eigenvalue weighted by Crippen LogP contribution is 2.60. The van der Waals surface area contributed by atoms with Gasteiger partial charge in [0.15, 0.2) is 0 Å². The number of fused-ring (bicyclic) bond motifs is 1. The van der Waals surface area contributed by atoms with Crippen molar-refractivity contribution in [2.45, 2.75) is 36.0 Å². The van der Waals surface area contributed by atoms with Crippen LogP contribution < -0.4 is 0 Å². The van der Waals surface area contributed by atoms with E-state index in [9.17, 15) is 10.2 Å². The molecule has 1 aliphatic heterocycles. The molecule has 1 heterocycles. The third-order valence-corrected chi connectivity index (χ3v) is 5.40. The molecule has 102 valence electrons. The number of phenolic OH excluding ortho intramolecular Hbond substituents is 2. The summed E-state index contributed by atoms with van der Waals surface area (Å²) in [5, 5.41) is 29.4. The second-order valence-electron chi connectivity index (χ2n) is 5.26. The Morgan fingerprint density at radius 1 is 1.30 bits per heavy atom. The Kier molecular flexibility index (Phi) is 3.64. The molecule has 0 spiro atoms. The number of aromatic hydroxyl groups is 2. The van der Waals surface area contributed by atoms with Crippen LogP contribution in [0.25, 0.3) is 4.85 Å². The molecule has 2 rings (SSSR count). The predicted molar refractivity (Wildman–Crippen MR) is 79.4 cm³/mol. The number of rotatable bonds is 0. The predicted octanol–water partition coefficient (Wildman–Crippen LogP) is 4.21. The second-order valence-corrected chi connectivity index (χ2v) is 7.56. The van der Waals surface area contributed by atoms with Crippen LogP contribution in [0.5, 0.6) is 11.5 Å². The number of benzene rings is 1. The SMILES string of the molecule is [C-]#[N+]/C(C#N)=C1\Sc2c(O)cc(C(C)(C)C)c(O)c2S1. The summed E-state index contributed by atoms with van der Waals surface area (Å²) in [5.41, 5.74) is 0.309. The zero-order valence-corrected chi connectivity index (χ0v) is 12.8. The Bertz CT molecular complexity index is 688. The van der Waals surface area contributed by atoms with Crippen molar-refractivity contribution in [2.75, 3.05) is 0 Å². The second kappa shape index (κ2) is 4.97. The highest BCUT2D eigenvalue weighted by molar-refractivity contribution is 8.24. The van der Waals surface area contributed by atoms with Crippen LogP contribution in [0.4, 0.5) is 0 Å². The first-order chi connectivity index (χ1) is 9.29. The largest absolute Gasteiger partial charge is 0.507 e. The first kappa shape index (κ1) is 14.6. The van der Waals surface area contributed by atoms with Crippen molar-refractivity contribution in [3.63, 3.8) is 0 Å². The van der Waals surface area contributed by atoms with Gasteiger partial charge in [0, 0.05) is 5.56 Å². The first-order valence-electron chi connectivity index (χ1n) is 5.76. The maximum atomic E-state index is 10.4. The van der Waals surface area contributed by atoms with Crippen molar-refractivity contribution >= 4 is 23.5 Å². The van der Waals surface area contributed by atoms with Gasteiger partial charge >= 0.3 is 0 Å². The normalized spacial score (nSPS) is 16.2. The van der Waals surface area contributed by atoms with E-state index in [0.717, 1.165) is 23.5 Å². The summed E-state index contributed by atoms with van der Waals surface area (Å²) in [7, 11) is 0. The fourth-order valence-corrected chi connectivity index (χ4v) is 4.22. The van der Waals surface area contributed by atoms with E-state index in [2.05, 4.69) is 4.85 Å². The molecule has 0 fully saturated rings. The molecule has 0 unspecified atom stereocenters. The number of phenols is 2. The van der Waals surface area contributed by atoms with Crippen LogP contribution in [0.1, 0.15) is 26.3 Å². The van der Waals surface area contributed by atoms with Crippen molar-refractivity contribution < 1.29 is 10.2 Å². The summed E-state index contributed by atoms with van der Waals surface area (Å²) in [5.74, 6) is 0.178. The lowest BCUT2D eigenvalue weighted by molar-refractivity contribution is 0.413. The quantitative estimate of drug-likeness (QED) is 0.427. The van der Waals surface area contributed by atoms with E-state index < -0.39 is 0 Å². The van der Waals surface area contributed by atoms with Crippen LogP contribution >= 0.6 is 23.5 Å². The zero-order chi connectivity index (χ0) is 15.1. The molecule has 1 aromatic carbocycles. The van der Waals surface area contributed by atoms with Crippen LogP contribution in [0.15, 0.2) is 25.8 Å². The van der Waals surface area contributed by atoms with Crippen molar-refractivity contribution in [1.82, 2.24) is 0 Å². The van der Waals surface area contributed by atoms with Crippen LogP contribution in [-0.2, 0) is 5.41 Å². The lowest BCUT2D eigenvalue weighted by Crippen LogP contribution is -2.11. The van der Waals surface area contributed by atoms with Crippen molar-refractivity contribution in [3.8, 4) is 17.6 Å². The molecule has 20 heavy (non-hydrogen) atoms. The van der Waals surface area contributed by atoms with E-state index in [-0.39, 0.29) is 22.6 Å². The van der Waals surface area contributed by atoms with Gasteiger partial charge in [0.25, 0.3) is 5.70 Å². The van der Waals surface area contributed by atoms with Gasteiger partial charge in [-0.05, 0) is 11.5 Å². The van der Waals surface area contributed by atoms with Gasteiger partial charge in [-0.1, -0.05) is 44.3 Å². The Labute approximate surface area is 125 Å². The average molecular weight is 304 g/mol. The lowest BCUT2D eigenvalue weighted by atomic mass is 9.86. The first-order valence-corrected chi connectivity index (χ1v) is 7.39. The average Bonchev–Trinajstić information content (AvgIpc) is 2.79. The fraction of sp³-hybridized carbons (Fsp3) is 0.286. The molecule has 0 atom stereocenters. The zero-order valence-electron chi connectivity index (χ0n) is 11.2. The molecule has 6 heteroatoms. The van der Waals surface area contributed by atoms with Gasteiger partial charge in [-0.3, -0.25) is 0 Å². The van der Waals surface area contributed by atoms with Gasteiger partial charge in [-0.25, -0.2) is 10.1 Å². The molecule has 0 aromatic heterocycles. The molecule has 0 aliphatic carbocycles. The van der Waals surface area contributed by atoms with Crippen molar-refractivity contribution in [2.24, 2.45) is 0 Å². The van der Waals surface area contributed by atoms with E-state index in [1.54, 1.807) is 6.07 Å². The number of allylic oxidation sites excluding steroid dienone is 1. The minimum absolute atomic E-state index is 0.0210. The minimum atomic E-state index is -0.313. The van der Waals surface area contributed by atoms with Gasteiger partial charge < -0.3 is 10.2 Å². The van der Waals surface area contributed by atoms with Gasteiger partial charge in [0.2, 0.25) is 0 Å². The molecular weight excluding hydrogens is 292 g/mol. The Balaban J connectivity index is 2.63. The monoisotopic (exact) mass is 304 g/mol. The van der Waals surface area contributed by atoms with E-state index >= 15 is 0 Å². The molecule has 2 N–H and O–H groups in total. The molecule has 0 bridgehead atoms. The summed E-state index contributed by atoms with van der Waals surface area (Å²) in [6.07, 6.45) is 0. The maximum absolute atomic E-state index is 10.4. The maximum Gasteiger partial charge on any atom is 0.282 e. The summed E-state index contributed by atoms with van der Waals surface area (Å²) in [6.45, 7) is 12.8. The molecule has 1 aliphatic rings. The molecule has 4 nitrogen and oxygen atoms in total. The number of hydrogen-bond donors (Lipinski definition) is 2. The topological polar surface area (TPSA) is 68.6 Å². The summed E-state index contributed by atoms with van der Waals surface area (Å²) >= 11 is 2.31. The molecule has 0 saturated heterocycles. The Hall–Kier alpha value is -1.76. The fourth-order valence-electron chi connectivity index (χ4n) is 1.80. The Morgan fingerprint density at radius 3 is 2.40 bits per heavy atom. The lowest BCUT2D eigenvalue weighted by Gasteiger charge is -2.22. The molecule has 0 amide bonds. The van der Waals surface area contributed by atoms with E-state index in [1.807, 2.05) is 26.8 Å². The number of thioether (sulfide) groups is 2. The van der Waals surface area contributed by atoms with Crippen LogP contribution in [-0.4, -0.2) is 10.2 Å². The van der Waals surface area contributed by atoms with Gasteiger partial charge in [0.1, 0.15) is 11.5 Å². The third-order valence-electron chi connectivity index (χ3n) is 2.80. The molecule has 0 radical (unpaired) electrons. The van der Waals surface area contributed by atoms with Crippen LogP contribution in [0.2, 0.25) is 0 Å². The molecule has 1 aromatic rings. The summed E-state index contributed by atoms with van der Waals surface area (Å²) in [4.78, 5) is 4.19. The van der Waals surface area contributed by atoms with Gasteiger partial charge in [-0.15, -0.1) is 0 Å². The van der Waals surface area contributed by atoms with E-state index in [4.69, 9.17) is 11.8 Å². The van der Waals surface area contributed by atoms with E-state index in [0.29, 0.717) is 19.6 Å². The smallest absolute Gasteiger partial charge is 0.282 e. The van der Waals surface area contributed by atoms with E-state index in [1.165, 1.54) is 0 Å². The van der Waals surface area contributed by atoms with Gasteiger partial charge in [-0.2, -0.15) is 0 Å². The number of nitrogens with zero attached hydrogens (tertiary/aromatic N) is 2. The molecule has 0 saturated carbocycles. The highest BCUT2D eigenvalue weighted by atomic mass is 32.2. The highest BCUT2D eigenvalue weighted by Gasteiger charge is 2.31. The summed E-state index contributed by atoms with van der Waals surface area (Å²) < 4.78 is 0.495. The minimum Gasteiger partial charge on any atom is -0.507 e. The number of hydrogen-bond acceptors (Lipinski definition) is 5. The third kappa shape index (κ3) is 2.33. The van der Waals surface area contributed by atoms with Gasteiger partial charge in [0.05, 0.1) is 26.7 Å². The Morgan fingerprint density at radius 2 is 1.90 bits per heavy atom. The standard InChI is InChI=1S/C14H12N2O2S2/c1-14(2,3)7-5-9(17)11-12(10(7)18)20-13(19-11)8(6-15)16-4/h5,17-18H,1-3H3/b13-8+. The molecular formula is C14H12N2O2S2. The van der Waals surface area contributed by atoms with Crippen molar-refractivity contribution in [1.29, 1.82) is 5.26 Å². The van der Waals surface area contributed by atoms with Crippen LogP contribution in [0.3, 0.4) is 0 Å². The summed E-state index contributed by atoms with van der Waals surface area (Å²) in [6, 6.07) is 3.38. The number of nitriles is 1. The van der Waals surface area contributed by atoms with Crippen molar-refractivity contribution in [3.05, 3.63) is 33.0 Å².